The van der Waals surface area contributed by atoms with E-state index in [0.29, 0.717) is 11.8 Å². The van der Waals surface area contributed by atoms with E-state index in [-0.39, 0.29) is 35.0 Å². The van der Waals surface area contributed by atoms with Gasteiger partial charge in [0, 0.05) is 12.5 Å². The van der Waals surface area contributed by atoms with Gasteiger partial charge in [0.05, 0.1) is 9.82 Å². The second-order valence-corrected chi connectivity index (χ2v) is 7.43. The number of carbonyl (C=O) groups is 1. The van der Waals surface area contributed by atoms with Gasteiger partial charge in [-0.1, -0.05) is 17.7 Å². The number of carbonyl (C=O) groups excluding carboxylic acids is 1. The predicted molar refractivity (Wildman–Crippen MR) is 93.1 cm³/mol. The van der Waals surface area contributed by atoms with Crippen molar-refractivity contribution < 1.29 is 32.2 Å². The Morgan fingerprint density at radius 2 is 2.07 bits per heavy atom. The van der Waals surface area contributed by atoms with E-state index in [1.54, 1.807) is 19.1 Å². The molecule has 2 aromatic carbocycles. The molecule has 3 rings (SSSR count). The third-order valence-electron chi connectivity index (χ3n) is 4.10. The number of benzene rings is 2. The Kier molecular flexibility index (Phi) is 4.85. The van der Waals surface area contributed by atoms with E-state index in [4.69, 9.17) is 9.47 Å². The highest BCUT2D eigenvalue weighted by molar-refractivity contribution is 7.85. The van der Waals surface area contributed by atoms with Gasteiger partial charge in [0.15, 0.2) is 17.8 Å². The van der Waals surface area contributed by atoms with E-state index in [1.807, 2.05) is 0 Å². The zero-order chi connectivity index (χ0) is 19.8. The Bertz CT molecular complexity index is 1030. The molecule has 27 heavy (non-hydrogen) atoms. The molecule has 0 unspecified atom stereocenters. The number of fused-ring (bicyclic) bond motifs is 1. The van der Waals surface area contributed by atoms with Crippen LogP contribution in [0.5, 0.6) is 11.5 Å². The SMILES string of the molecule is Cc1ccc(S(=O)(=O)O)c(C[C@@H]2COc3ccc([N+](=O)[O-])c(C=O)c3O2)c1. The van der Waals surface area contributed by atoms with Crippen molar-refractivity contribution in [3.05, 3.63) is 57.1 Å². The van der Waals surface area contributed by atoms with Crippen LogP contribution in [0.2, 0.25) is 0 Å². The lowest BCUT2D eigenvalue weighted by Crippen LogP contribution is -2.32. The average Bonchev–Trinajstić information content (AvgIpc) is 2.59. The second kappa shape index (κ2) is 6.97. The first kappa shape index (κ1) is 18.8. The number of rotatable bonds is 5. The van der Waals surface area contributed by atoms with Gasteiger partial charge in [-0.25, -0.2) is 0 Å². The molecule has 1 N–H and O–H groups in total. The summed E-state index contributed by atoms with van der Waals surface area (Å²) < 4.78 is 43.8. The smallest absolute Gasteiger partial charge is 0.294 e. The van der Waals surface area contributed by atoms with Crippen LogP contribution < -0.4 is 9.47 Å². The van der Waals surface area contributed by atoms with Crippen molar-refractivity contribution in [1.82, 2.24) is 0 Å². The fraction of sp³-hybridized carbons (Fsp3) is 0.235. The van der Waals surface area contributed by atoms with Gasteiger partial charge in [-0.2, -0.15) is 8.42 Å². The zero-order valence-corrected chi connectivity index (χ0v) is 14.9. The standard InChI is InChI=1S/C17H15NO8S/c1-10-2-5-16(27(22,23)24)11(6-10)7-12-9-25-15-4-3-14(18(20)21)13(8-19)17(15)26-12/h2-6,8,12H,7,9H2,1H3,(H,22,23,24)/t12-/m1/s1. The molecule has 0 radical (unpaired) electrons. The monoisotopic (exact) mass is 393 g/mol. The lowest BCUT2D eigenvalue weighted by molar-refractivity contribution is -0.385. The minimum Gasteiger partial charge on any atom is -0.486 e. The van der Waals surface area contributed by atoms with Gasteiger partial charge in [-0.05, 0) is 24.6 Å². The minimum atomic E-state index is -4.43. The average molecular weight is 393 g/mol. The molecule has 0 saturated heterocycles. The summed E-state index contributed by atoms with van der Waals surface area (Å²) in [5.41, 5.74) is 0.426. The fourth-order valence-electron chi connectivity index (χ4n) is 2.93. The molecule has 0 amide bonds. The highest BCUT2D eigenvalue weighted by Crippen LogP contribution is 2.39. The van der Waals surface area contributed by atoms with Crippen LogP contribution >= 0.6 is 0 Å². The topological polar surface area (TPSA) is 133 Å². The second-order valence-electron chi connectivity index (χ2n) is 6.04. The Hall–Kier alpha value is -2.98. The number of nitro benzene ring substituents is 1. The number of nitro groups is 1. The first-order valence-corrected chi connectivity index (χ1v) is 9.27. The van der Waals surface area contributed by atoms with Crippen molar-refractivity contribution in [3.63, 3.8) is 0 Å². The predicted octanol–water partition coefficient (Wildman–Crippen LogP) is 2.34. The Balaban J connectivity index is 1.96. The molecule has 0 saturated carbocycles. The van der Waals surface area contributed by atoms with Crippen LogP contribution in [-0.2, 0) is 16.5 Å². The lowest BCUT2D eigenvalue weighted by atomic mass is 10.0. The normalized spacial score (nSPS) is 16.0. The van der Waals surface area contributed by atoms with Crippen LogP contribution in [0, 0.1) is 17.0 Å². The van der Waals surface area contributed by atoms with Crippen molar-refractivity contribution in [2.45, 2.75) is 24.3 Å². The molecule has 0 aliphatic carbocycles. The van der Waals surface area contributed by atoms with Gasteiger partial charge in [0.25, 0.3) is 15.8 Å². The molecule has 9 nitrogen and oxygen atoms in total. The van der Waals surface area contributed by atoms with Crippen LogP contribution in [0.1, 0.15) is 21.5 Å². The van der Waals surface area contributed by atoms with Crippen molar-refractivity contribution in [2.75, 3.05) is 6.61 Å². The zero-order valence-electron chi connectivity index (χ0n) is 14.1. The largest absolute Gasteiger partial charge is 0.486 e. The Morgan fingerprint density at radius 3 is 2.70 bits per heavy atom. The Labute approximate surface area is 154 Å². The van der Waals surface area contributed by atoms with E-state index >= 15 is 0 Å². The van der Waals surface area contributed by atoms with Crippen molar-refractivity contribution in [1.29, 1.82) is 0 Å². The van der Waals surface area contributed by atoms with Crippen LogP contribution in [-0.4, -0.2) is 36.9 Å². The molecule has 1 heterocycles. The van der Waals surface area contributed by atoms with Gasteiger partial charge in [0.2, 0.25) is 0 Å². The minimum absolute atomic E-state index is 0.0436. The third kappa shape index (κ3) is 3.76. The lowest BCUT2D eigenvalue weighted by Gasteiger charge is -2.27. The summed E-state index contributed by atoms with van der Waals surface area (Å²) in [5, 5.41) is 11.1. The molecule has 0 fully saturated rings. The number of ether oxygens (including phenoxy) is 2. The highest BCUT2D eigenvalue weighted by atomic mass is 32.2. The maximum Gasteiger partial charge on any atom is 0.294 e. The molecule has 10 heteroatoms. The summed E-state index contributed by atoms with van der Waals surface area (Å²) in [6, 6.07) is 6.93. The number of hydrogen-bond donors (Lipinski definition) is 1. The van der Waals surface area contributed by atoms with Gasteiger partial charge < -0.3 is 9.47 Å². The fourth-order valence-corrected chi connectivity index (χ4v) is 3.64. The van der Waals surface area contributed by atoms with Crippen molar-refractivity contribution in [3.8, 4) is 11.5 Å². The van der Waals surface area contributed by atoms with Crippen LogP contribution in [0.4, 0.5) is 5.69 Å². The van der Waals surface area contributed by atoms with Gasteiger partial charge >= 0.3 is 0 Å². The number of nitrogens with zero attached hydrogens (tertiary/aromatic N) is 1. The first-order valence-electron chi connectivity index (χ1n) is 7.83. The third-order valence-corrected chi connectivity index (χ3v) is 5.06. The summed E-state index contributed by atoms with van der Waals surface area (Å²) in [6.45, 7) is 1.81. The van der Waals surface area contributed by atoms with Crippen molar-refractivity contribution in [2.24, 2.45) is 0 Å². The molecular weight excluding hydrogens is 378 g/mol. The molecular formula is C17H15NO8S. The van der Waals surface area contributed by atoms with Crippen molar-refractivity contribution >= 4 is 22.1 Å². The van der Waals surface area contributed by atoms with Crippen LogP contribution in [0.3, 0.4) is 0 Å². The van der Waals surface area contributed by atoms with E-state index in [1.165, 1.54) is 12.1 Å². The molecule has 0 bridgehead atoms. The number of hydrogen-bond acceptors (Lipinski definition) is 7. The van der Waals surface area contributed by atoms with Gasteiger partial charge in [0.1, 0.15) is 18.3 Å². The molecule has 2 aromatic rings. The molecule has 0 aromatic heterocycles. The first-order chi connectivity index (χ1) is 12.7. The maximum atomic E-state index is 11.6. The molecule has 1 aliphatic rings. The highest BCUT2D eigenvalue weighted by Gasteiger charge is 2.30. The summed E-state index contributed by atoms with van der Waals surface area (Å²) >= 11 is 0. The summed E-state index contributed by atoms with van der Waals surface area (Å²) in [5.74, 6) is 0.134. The maximum absolute atomic E-state index is 11.6. The molecule has 142 valence electrons. The Morgan fingerprint density at radius 1 is 1.33 bits per heavy atom. The number of aryl methyl sites for hydroxylation is 1. The summed E-state index contributed by atoms with van der Waals surface area (Å²) in [7, 11) is -4.43. The van der Waals surface area contributed by atoms with E-state index in [0.717, 1.165) is 11.6 Å². The van der Waals surface area contributed by atoms with E-state index < -0.39 is 26.8 Å². The van der Waals surface area contributed by atoms with Crippen LogP contribution in [0.25, 0.3) is 0 Å². The molecule has 0 spiro atoms. The van der Waals surface area contributed by atoms with Crippen LogP contribution in [0.15, 0.2) is 35.2 Å². The summed E-state index contributed by atoms with van der Waals surface area (Å²) in [6.07, 6.45) is -0.337. The van der Waals surface area contributed by atoms with E-state index in [2.05, 4.69) is 0 Å². The van der Waals surface area contributed by atoms with Gasteiger partial charge in [-0.15, -0.1) is 0 Å². The summed E-state index contributed by atoms with van der Waals surface area (Å²) in [4.78, 5) is 21.5. The number of aldehydes is 1. The van der Waals surface area contributed by atoms with E-state index in [9.17, 15) is 27.9 Å². The van der Waals surface area contributed by atoms with Gasteiger partial charge in [-0.3, -0.25) is 19.5 Å². The molecule has 1 aliphatic heterocycles. The molecule has 1 atom stereocenters. The quantitative estimate of drug-likeness (QED) is 0.354.